The minimum atomic E-state index is -3.82. The molecule has 0 spiro atoms. The Labute approximate surface area is 182 Å². The van der Waals surface area contributed by atoms with Crippen molar-refractivity contribution in [1.29, 1.82) is 0 Å². The number of hydrogen-bond acceptors (Lipinski definition) is 7. The average Bonchev–Trinajstić information content (AvgIpc) is 2.71. The highest BCUT2D eigenvalue weighted by Gasteiger charge is 2.44. The lowest BCUT2D eigenvalue weighted by Gasteiger charge is -2.28. The highest BCUT2D eigenvalue weighted by Crippen LogP contribution is 2.23. The standard InChI is InChI=1S/C19H24BrN3O6S/c1-19(30(2,26)27,18(25)22-29-16-5-3-4-10-28-16)8-9-23-12-21-15-11-13(20)6-7-14(15)17(23)24/h6-7,11-12,16H,3-5,8-10H2,1-2H3,(H,22,25). The smallest absolute Gasteiger partial charge is 0.264 e. The van der Waals surface area contributed by atoms with Crippen molar-refractivity contribution in [3.8, 4) is 0 Å². The first-order valence-corrected chi connectivity index (χ1v) is 12.2. The fourth-order valence-corrected chi connectivity index (χ4v) is 4.31. The van der Waals surface area contributed by atoms with E-state index in [1.165, 1.54) is 17.8 Å². The largest absolute Gasteiger partial charge is 0.350 e. The van der Waals surface area contributed by atoms with Gasteiger partial charge in [-0.2, -0.15) is 0 Å². The number of benzene rings is 1. The number of aryl methyl sites for hydroxylation is 1. The first-order valence-electron chi connectivity index (χ1n) is 9.54. The van der Waals surface area contributed by atoms with E-state index in [2.05, 4.69) is 26.4 Å². The van der Waals surface area contributed by atoms with Crippen LogP contribution in [0, 0.1) is 0 Å². The van der Waals surface area contributed by atoms with E-state index >= 15 is 0 Å². The number of nitrogens with zero attached hydrogens (tertiary/aromatic N) is 2. The van der Waals surface area contributed by atoms with E-state index in [9.17, 15) is 18.0 Å². The summed E-state index contributed by atoms with van der Waals surface area (Å²) < 4.78 is 30.6. The molecule has 2 atom stereocenters. The average molecular weight is 502 g/mol. The molecule has 0 bridgehead atoms. The van der Waals surface area contributed by atoms with Gasteiger partial charge < -0.3 is 4.74 Å². The molecule has 2 unspecified atom stereocenters. The van der Waals surface area contributed by atoms with Gasteiger partial charge in [0.2, 0.25) is 0 Å². The Hall–Kier alpha value is -1.82. The number of hydrogen-bond donors (Lipinski definition) is 1. The maximum absolute atomic E-state index is 12.7. The Morgan fingerprint density at radius 3 is 2.87 bits per heavy atom. The van der Waals surface area contributed by atoms with Crippen molar-refractivity contribution in [1.82, 2.24) is 15.0 Å². The zero-order chi connectivity index (χ0) is 21.9. The SMILES string of the molecule is CC(CCn1cnc2cc(Br)ccc2c1=O)(C(=O)NOC1CCCCO1)S(C)(=O)=O. The second-order valence-corrected chi connectivity index (χ2v) is 10.9. The number of amides is 1. The molecule has 1 aromatic heterocycles. The molecular formula is C19H24BrN3O6S. The van der Waals surface area contributed by atoms with Crippen LogP contribution in [-0.4, -0.2) is 47.8 Å². The number of hydroxylamine groups is 1. The number of halogens is 1. The van der Waals surface area contributed by atoms with Gasteiger partial charge in [0.05, 0.1) is 17.2 Å². The molecule has 1 fully saturated rings. The molecule has 1 aliphatic rings. The lowest BCUT2D eigenvalue weighted by Crippen LogP contribution is -2.51. The molecule has 164 valence electrons. The molecule has 1 aromatic carbocycles. The molecule has 0 saturated carbocycles. The number of sulfone groups is 1. The van der Waals surface area contributed by atoms with Crippen LogP contribution in [0.2, 0.25) is 0 Å². The van der Waals surface area contributed by atoms with Crippen LogP contribution < -0.4 is 11.0 Å². The van der Waals surface area contributed by atoms with Crippen LogP contribution >= 0.6 is 15.9 Å². The summed E-state index contributed by atoms with van der Waals surface area (Å²) in [7, 11) is -3.82. The van der Waals surface area contributed by atoms with Crippen LogP contribution in [-0.2, 0) is 30.8 Å². The number of carbonyl (C=O) groups excluding carboxylic acids is 1. The second kappa shape index (κ2) is 9.13. The summed E-state index contributed by atoms with van der Waals surface area (Å²) in [5.41, 5.74) is 2.45. The molecule has 0 aliphatic carbocycles. The molecule has 2 heterocycles. The van der Waals surface area contributed by atoms with Crippen molar-refractivity contribution in [3.05, 3.63) is 39.4 Å². The minimum absolute atomic E-state index is 0.00520. The van der Waals surface area contributed by atoms with Crippen LogP contribution in [0.4, 0.5) is 0 Å². The predicted molar refractivity (Wildman–Crippen MR) is 114 cm³/mol. The van der Waals surface area contributed by atoms with Gasteiger partial charge in [-0.05, 0) is 44.4 Å². The van der Waals surface area contributed by atoms with Gasteiger partial charge in [0.25, 0.3) is 11.5 Å². The van der Waals surface area contributed by atoms with Crippen molar-refractivity contribution in [2.45, 2.75) is 50.2 Å². The highest BCUT2D eigenvalue weighted by molar-refractivity contribution is 9.10. The van der Waals surface area contributed by atoms with E-state index in [1.54, 1.807) is 18.2 Å². The number of aromatic nitrogens is 2. The minimum Gasteiger partial charge on any atom is -0.350 e. The zero-order valence-corrected chi connectivity index (χ0v) is 19.2. The van der Waals surface area contributed by atoms with Crippen molar-refractivity contribution in [3.63, 3.8) is 0 Å². The molecule has 0 radical (unpaired) electrons. The van der Waals surface area contributed by atoms with Gasteiger partial charge in [0.15, 0.2) is 20.9 Å². The van der Waals surface area contributed by atoms with Gasteiger partial charge in [0, 0.05) is 30.3 Å². The van der Waals surface area contributed by atoms with Gasteiger partial charge in [0.1, 0.15) is 0 Å². The van der Waals surface area contributed by atoms with Crippen LogP contribution in [0.5, 0.6) is 0 Å². The van der Waals surface area contributed by atoms with Gasteiger partial charge in [-0.1, -0.05) is 15.9 Å². The Morgan fingerprint density at radius 1 is 1.43 bits per heavy atom. The number of carbonyl (C=O) groups is 1. The van der Waals surface area contributed by atoms with Crippen molar-refractivity contribution in [2.75, 3.05) is 12.9 Å². The number of nitrogens with one attached hydrogen (secondary N) is 1. The third kappa shape index (κ3) is 4.90. The number of fused-ring (bicyclic) bond motifs is 1. The fourth-order valence-electron chi connectivity index (χ4n) is 3.12. The second-order valence-electron chi connectivity index (χ2n) is 7.50. The molecular weight excluding hydrogens is 478 g/mol. The number of ether oxygens (including phenoxy) is 1. The maximum Gasteiger partial charge on any atom is 0.264 e. The van der Waals surface area contributed by atoms with E-state index < -0.39 is 26.8 Å². The third-order valence-electron chi connectivity index (χ3n) is 5.34. The summed E-state index contributed by atoms with van der Waals surface area (Å²) in [6.45, 7) is 1.84. The Morgan fingerprint density at radius 2 is 2.20 bits per heavy atom. The summed E-state index contributed by atoms with van der Waals surface area (Å²) in [4.78, 5) is 35.0. The molecule has 1 N–H and O–H groups in total. The van der Waals surface area contributed by atoms with E-state index in [-0.39, 0.29) is 18.5 Å². The van der Waals surface area contributed by atoms with E-state index in [4.69, 9.17) is 9.57 Å². The summed E-state index contributed by atoms with van der Waals surface area (Å²) >= 11 is 3.33. The topological polar surface area (TPSA) is 117 Å². The molecule has 9 nitrogen and oxygen atoms in total. The first kappa shape index (κ1) is 22.9. The summed E-state index contributed by atoms with van der Waals surface area (Å²) in [6, 6.07) is 5.10. The molecule has 1 saturated heterocycles. The van der Waals surface area contributed by atoms with Gasteiger partial charge in [-0.15, -0.1) is 0 Å². The maximum atomic E-state index is 12.7. The van der Waals surface area contributed by atoms with Crippen molar-refractivity contribution >= 4 is 42.6 Å². The predicted octanol–water partition coefficient (Wildman–Crippen LogP) is 1.93. The third-order valence-corrected chi connectivity index (χ3v) is 7.86. The first-order chi connectivity index (χ1) is 14.1. The van der Waals surface area contributed by atoms with Crippen LogP contribution in [0.15, 0.2) is 33.8 Å². The lowest BCUT2D eigenvalue weighted by atomic mass is 10.1. The molecule has 1 aliphatic heterocycles. The number of rotatable bonds is 7. The van der Waals surface area contributed by atoms with Crippen LogP contribution in [0.3, 0.4) is 0 Å². The summed E-state index contributed by atoms with van der Waals surface area (Å²) in [6.07, 6.45) is 4.05. The van der Waals surface area contributed by atoms with Crippen molar-refractivity contribution < 1.29 is 22.8 Å². The summed E-state index contributed by atoms with van der Waals surface area (Å²) in [5, 5.41) is 0.406. The Bertz CT molecular complexity index is 1100. The van der Waals surface area contributed by atoms with E-state index in [0.717, 1.165) is 23.6 Å². The van der Waals surface area contributed by atoms with Crippen LogP contribution in [0.1, 0.15) is 32.6 Å². The summed E-state index contributed by atoms with van der Waals surface area (Å²) in [5.74, 6) is -0.801. The van der Waals surface area contributed by atoms with Gasteiger partial charge >= 0.3 is 0 Å². The quantitative estimate of drug-likeness (QED) is 0.575. The molecule has 2 aromatic rings. The molecule has 3 rings (SSSR count). The molecule has 30 heavy (non-hydrogen) atoms. The zero-order valence-electron chi connectivity index (χ0n) is 16.8. The Balaban J connectivity index is 1.77. The van der Waals surface area contributed by atoms with Crippen molar-refractivity contribution in [2.24, 2.45) is 0 Å². The Kier molecular flexibility index (Phi) is 6.95. The van der Waals surface area contributed by atoms with Gasteiger partial charge in [-0.25, -0.2) is 23.7 Å². The van der Waals surface area contributed by atoms with Gasteiger partial charge in [-0.3, -0.25) is 14.2 Å². The fraction of sp³-hybridized carbons (Fsp3) is 0.526. The lowest BCUT2D eigenvalue weighted by molar-refractivity contribution is -0.201. The highest BCUT2D eigenvalue weighted by atomic mass is 79.9. The molecule has 11 heteroatoms. The van der Waals surface area contributed by atoms with E-state index in [0.29, 0.717) is 23.9 Å². The molecule has 1 amide bonds. The van der Waals surface area contributed by atoms with E-state index in [1.807, 2.05) is 0 Å². The van der Waals surface area contributed by atoms with Crippen LogP contribution in [0.25, 0.3) is 10.9 Å². The monoisotopic (exact) mass is 501 g/mol. The normalized spacial score (nSPS) is 19.4.